The van der Waals surface area contributed by atoms with Crippen LogP contribution in [0.25, 0.3) is 0 Å². The number of carboxylic acids is 1. The van der Waals surface area contributed by atoms with Gasteiger partial charge in [0.2, 0.25) is 0 Å². The van der Waals surface area contributed by atoms with Gasteiger partial charge in [0.25, 0.3) is 0 Å². The standard InChI is InChI=1S/C11H11ClO4/c1-6(12)9(13)7-2-4-8(5-3-7)10(14)11(15)16/h2-6,10,14H,1H3,(H,15,16). The lowest BCUT2D eigenvalue weighted by Gasteiger charge is -2.07. The van der Waals surface area contributed by atoms with Crippen LogP contribution < -0.4 is 0 Å². The van der Waals surface area contributed by atoms with Crippen LogP contribution in [0.1, 0.15) is 28.9 Å². The molecule has 4 nitrogen and oxygen atoms in total. The Morgan fingerprint density at radius 3 is 2.12 bits per heavy atom. The van der Waals surface area contributed by atoms with Gasteiger partial charge in [-0.1, -0.05) is 24.3 Å². The molecule has 1 rings (SSSR count). The van der Waals surface area contributed by atoms with E-state index in [2.05, 4.69) is 0 Å². The summed E-state index contributed by atoms with van der Waals surface area (Å²) in [5, 5.41) is 17.2. The lowest BCUT2D eigenvalue weighted by Crippen LogP contribution is -2.12. The maximum atomic E-state index is 11.4. The van der Waals surface area contributed by atoms with Gasteiger partial charge in [0, 0.05) is 5.56 Å². The van der Waals surface area contributed by atoms with E-state index in [4.69, 9.17) is 16.7 Å². The lowest BCUT2D eigenvalue weighted by atomic mass is 10.0. The molecule has 0 radical (unpaired) electrons. The highest BCUT2D eigenvalue weighted by atomic mass is 35.5. The van der Waals surface area contributed by atoms with Crippen LogP contribution in [0.3, 0.4) is 0 Å². The number of rotatable bonds is 4. The molecular weight excluding hydrogens is 232 g/mol. The predicted octanol–water partition coefficient (Wildman–Crippen LogP) is 1.61. The Morgan fingerprint density at radius 1 is 1.25 bits per heavy atom. The van der Waals surface area contributed by atoms with Gasteiger partial charge in [-0.2, -0.15) is 0 Å². The maximum Gasteiger partial charge on any atom is 0.337 e. The van der Waals surface area contributed by atoms with E-state index < -0.39 is 17.5 Å². The fraction of sp³-hybridized carbons (Fsp3) is 0.273. The minimum absolute atomic E-state index is 0.228. The van der Waals surface area contributed by atoms with Crippen LogP contribution in [0.2, 0.25) is 0 Å². The van der Waals surface area contributed by atoms with Crippen molar-refractivity contribution in [2.45, 2.75) is 18.4 Å². The second-order valence-corrected chi connectivity index (χ2v) is 4.00. The maximum absolute atomic E-state index is 11.4. The first-order valence-corrected chi connectivity index (χ1v) is 5.06. The highest BCUT2D eigenvalue weighted by Gasteiger charge is 2.17. The molecule has 86 valence electrons. The number of halogens is 1. The Bertz CT molecular complexity index is 397. The number of alkyl halides is 1. The first-order valence-electron chi connectivity index (χ1n) is 4.62. The highest BCUT2D eigenvalue weighted by Crippen LogP contribution is 2.15. The molecule has 0 aliphatic carbocycles. The summed E-state index contributed by atoms with van der Waals surface area (Å²) in [6, 6.07) is 5.68. The number of Topliss-reactive ketones (excluding diaryl/α,β-unsaturated/α-hetero) is 1. The van der Waals surface area contributed by atoms with Gasteiger partial charge in [0.05, 0.1) is 5.38 Å². The van der Waals surface area contributed by atoms with Crippen LogP contribution in [0.5, 0.6) is 0 Å². The van der Waals surface area contributed by atoms with Crippen molar-refractivity contribution in [3.63, 3.8) is 0 Å². The van der Waals surface area contributed by atoms with Crippen molar-refractivity contribution in [3.8, 4) is 0 Å². The molecular formula is C11H11ClO4. The Kier molecular flexibility index (Phi) is 4.04. The molecule has 0 heterocycles. The fourth-order valence-electron chi connectivity index (χ4n) is 1.20. The number of hydrogen-bond donors (Lipinski definition) is 2. The van der Waals surface area contributed by atoms with Gasteiger partial charge in [-0.05, 0) is 12.5 Å². The van der Waals surface area contributed by atoms with Gasteiger partial charge in [-0.15, -0.1) is 11.6 Å². The van der Waals surface area contributed by atoms with E-state index in [0.29, 0.717) is 5.56 Å². The molecule has 0 saturated carbocycles. The topological polar surface area (TPSA) is 74.6 Å². The van der Waals surface area contributed by atoms with Crippen molar-refractivity contribution in [2.24, 2.45) is 0 Å². The van der Waals surface area contributed by atoms with E-state index in [1.807, 2.05) is 0 Å². The monoisotopic (exact) mass is 242 g/mol. The van der Waals surface area contributed by atoms with Gasteiger partial charge in [0.1, 0.15) is 0 Å². The summed E-state index contributed by atoms with van der Waals surface area (Å²) in [6.45, 7) is 1.56. The Balaban J connectivity index is 2.91. The zero-order valence-electron chi connectivity index (χ0n) is 8.55. The molecule has 0 bridgehead atoms. The minimum Gasteiger partial charge on any atom is -0.479 e. The van der Waals surface area contributed by atoms with E-state index in [1.54, 1.807) is 6.92 Å². The average Bonchev–Trinajstić information content (AvgIpc) is 2.27. The SMILES string of the molecule is CC(Cl)C(=O)c1ccc(C(O)C(=O)O)cc1. The predicted molar refractivity (Wildman–Crippen MR) is 58.7 cm³/mol. The van der Waals surface area contributed by atoms with Crippen molar-refractivity contribution in [2.75, 3.05) is 0 Å². The van der Waals surface area contributed by atoms with Crippen molar-refractivity contribution >= 4 is 23.4 Å². The third-order valence-corrected chi connectivity index (χ3v) is 2.30. The van der Waals surface area contributed by atoms with Crippen LogP contribution >= 0.6 is 11.6 Å². The molecule has 0 fully saturated rings. The first-order chi connectivity index (χ1) is 7.43. The molecule has 1 aromatic carbocycles. The zero-order chi connectivity index (χ0) is 12.3. The van der Waals surface area contributed by atoms with Crippen LogP contribution in [0, 0.1) is 0 Å². The molecule has 1 aromatic rings. The summed E-state index contributed by atoms with van der Waals surface area (Å²) in [5.74, 6) is -1.57. The third kappa shape index (κ3) is 2.81. The van der Waals surface area contributed by atoms with E-state index in [9.17, 15) is 14.7 Å². The normalized spacial score (nSPS) is 14.2. The zero-order valence-corrected chi connectivity index (χ0v) is 9.31. The van der Waals surface area contributed by atoms with Crippen LogP contribution in [0.4, 0.5) is 0 Å². The largest absolute Gasteiger partial charge is 0.479 e. The number of aliphatic carboxylic acids is 1. The molecule has 0 saturated heterocycles. The second kappa shape index (κ2) is 5.09. The summed E-state index contributed by atoms with van der Waals surface area (Å²) in [6.07, 6.45) is -1.57. The Hall–Kier alpha value is -1.39. The number of aliphatic hydroxyl groups is 1. The van der Waals surface area contributed by atoms with Gasteiger partial charge in [-0.25, -0.2) is 4.79 Å². The second-order valence-electron chi connectivity index (χ2n) is 3.34. The summed E-state index contributed by atoms with van der Waals surface area (Å²) < 4.78 is 0. The highest BCUT2D eigenvalue weighted by molar-refractivity contribution is 6.33. The molecule has 0 aromatic heterocycles. The molecule has 2 atom stereocenters. The van der Waals surface area contributed by atoms with Gasteiger partial charge in [0.15, 0.2) is 11.9 Å². The Labute approximate surface area is 97.5 Å². The lowest BCUT2D eigenvalue weighted by molar-refractivity contribution is -0.146. The van der Waals surface area contributed by atoms with Crippen LogP contribution in [0.15, 0.2) is 24.3 Å². The van der Waals surface area contributed by atoms with E-state index in [-0.39, 0.29) is 11.3 Å². The smallest absolute Gasteiger partial charge is 0.337 e. The minimum atomic E-state index is -1.57. The van der Waals surface area contributed by atoms with Crippen molar-refractivity contribution in [1.29, 1.82) is 0 Å². The average molecular weight is 243 g/mol. The molecule has 0 aliphatic rings. The summed E-state index contributed by atoms with van der Waals surface area (Å²) in [7, 11) is 0. The van der Waals surface area contributed by atoms with Gasteiger partial charge < -0.3 is 10.2 Å². The Morgan fingerprint density at radius 2 is 1.75 bits per heavy atom. The summed E-state index contributed by atoms with van der Waals surface area (Å²) >= 11 is 5.62. The number of carboxylic acid groups (broad SMARTS) is 1. The number of ketones is 1. The fourth-order valence-corrected chi connectivity index (χ4v) is 1.33. The third-order valence-electron chi connectivity index (χ3n) is 2.11. The number of carbonyl (C=O) groups is 2. The van der Waals surface area contributed by atoms with Crippen molar-refractivity contribution in [3.05, 3.63) is 35.4 Å². The molecule has 0 amide bonds. The van der Waals surface area contributed by atoms with Crippen molar-refractivity contribution < 1.29 is 19.8 Å². The summed E-state index contributed by atoms with van der Waals surface area (Å²) in [4.78, 5) is 21.9. The number of benzene rings is 1. The molecule has 0 aliphatic heterocycles. The van der Waals surface area contributed by atoms with Crippen LogP contribution in [-0.2, 0) is 4.79 Å². The van der Waals surface area contributed by atoms with Gasteiger partial charge >= 0.3 is 5.97 Å². The molecule has 5 heteroatoms. The quantitative estimate of drug-likeness (QED) is 0.621. The molecule has 16 heavy (non-hydrogen) atoms. The van der Waals surface area contributed by atoms with Crippen LogP contribution in [-0.4, -0.2) is 27.3 Å². The van der Waals surface area contributed by atoms with Crippen molar-refractivity contribution in [1.82, 2.24) is 0 Å². The molecule has 2 N–H and O–H groups in total. The number of aliphatic hydroxyl groups excluding tert-OH is 1. The number of carbonyl (C=O) groups excluding carboxylic acids is 1. The number of hydrogen-bond acceptors (Lipinski definition) is 3. The van der Waals surface area contributed by atoms with E-state index in [0.717, 1.165) is 0 Å². The molecule has 0 spiro atoms. The van der Waals surface area contributed by atoms with Gasteiger partial charge in [-0.3, -0.25) is 4.79 Å². The first kappa shape index (κ1) is 12.7. The molecule has 2 unspecified atom stereocenters. The summed E-state index contributed by atoms with van der Waals surface area (Å²) in [5.41, 5.74) is 0.620. The van der Waals surface area contributed by atoms with E-state index in [1.165, 1.54) is 24.3 Å². The van der Waals surface area contributed by atoms with E-state index >= 15 is 0 Å².